The van der Waals surface area contributed by atoms with Crippen LogP contribution in [0.5, 0.6) is 11.5 Å². The molecule has 0 spiro atoms. The minimum absolute atomic E-state index is 0.616. The molecule has 0 amide bonds. The van der Waals surface area contributed by atoms with Gasteiger partial charge in [0.25, 0.3) is 0 Å². The van der Waals surface area contributed by atoms with Gasteiger partial charge in [0.15, 0.2) is 5.60 Å². The van der Waals surface area contributed by atoms with Crippen LogP contribution >= 0.6 is 0 Å². The molecule has 96 valence electrons. The molecule has 1 N–H and O–H groups in total. The molecule has 4 heteroatoms. The van der Waals surface area contributed by atoms with E-state index >= 15 is 0 Å². The quantitative estimate of drug-likeness (QED) is 0.789. The summed E-state index contributed by atoms with van der Waals surface area (Å²) >= 11 is 0. The van der Waals surface area contributed by atoms with Gasteiger partial charge >= 0.3 is 6.16 Å². The van der Waals surface area contributed by atoms with Gasteiger partial charge in [0.2, 0.25) is 0 Å². The van der Waals surface area contributed by atoms with Crippen LogP contribution in [-0.2, 0) is 10.3 Å². The van der Waals surface area contributed by atoms with Gasteiger partial charge in [-0.05, 0) is 19.1 Å². The maximum atomic E-state index is 11.0. The molecule has 1 aliphatic rings. The van der Waals surface area contributed by atoms with E-state index in [4.69, 9.17) is 14.6 Å². The summed E-state index contributed by atoms with van der Waals surface area (Å²) in [5, 5.41) is 9.02. The topological polar surface area (TPSA) is 55.8 Å². The third-order valence-corrected chi connectivity index (χ3v) is 3.31. The Bertz CT molecular complexity index is 603. The number of hydrogen-bond donors (Lipinski definition) is 1. The van der Waals surface area contributed by atoms with E-state index in [0.29, 0.717) is 22.6 Å². The molecule has 2 aromatic rings. The Balaban J connectivity index is 2.25. The Hall–Kier alpha value is -2.49. The highest BCUT2D eigenvalue weighted by molar-refractivity contribution is 5.63. The second-order valence-electron chi connectivity index (χ2n) is 4.50. The molecule has 0 atom stereocenters. The van der Waals surface area contributed by atoms with Crippen molar-refractivity contribution < 1.29 is 19.4 Å². The highest BCUT2D eigenvalue weighted by Gasteiger charge is 2.41. The average Bonchev–Trinajstić information content (AvgIpc) is 2.38. The summed E-state index contributed by atoms with van der Waals surface area (Å²) in [6.07, 6.45) is -1.31. The molecule has 0 radical (unpaired) electrons. The average molecular weight is 256 g/mol. The number of hydrogen-bond acceptors (Lipinski definition) is 3. The monoisotopic (exact) mass is 256 g/mol. The minimum Gasteiger partial charge on any atom is -0.456 e. The van der Waals surface area contributed by atoms with Crippen molar-refractivity contribution >= 4 is 6.16 Å². The molecule has 19 heavy (non-hydrogen) atoms. The normalized spacial score (nSPS) is 14.8. The Morgan fingerprint density at radius 1 is 1.05 bits per heavy atom. The first-order chi connectivity index (χ1) is 9.11. The number of para-hydroxylation sites is 2. The van der Waals surface area contributed by atoms with Gasteiger partial charge in [-0.2, -0.15) is 0 Å². The van der Waals surface area contributed by atoms with E-state index in [1.165, 1.54) is 0 Å². The van der Waals surface area contributed by atoms with Crippen LogP contribution < -0.4 is 4.74 Å². The van der Waals surface area contributed by atoms with Gasteiger partial charge in [-0.1, -0.05) is 36.4 Å². The third-order valence-electron chi connectivity index (χ3n) is 3.31. The van der Waals surface area contributed by atoms with E-state index in [1.807, 2.05) is 36.4 Å². The number of carboxylic acid groups (broad SMARTS) is 1. The second-order valence-corrected chi connectivity index (χ2v) is 4.50. The molecule has 0 fully saturated rings. The third kappa shape index (κ3) is 1.73. The van der Waals surface area contributed by atoms with Crippen molar-refractivity contribution in [1.82, 2.24) is 0 Å². The van der Waals surface area contributed by atoms with Gasteiger partial charge in [-0.3, -0.25) is 0 Å². The first-order valence-corrected chi connectivity index (χ1v) is 5.90. The zero-order valence-electron chi connectivity index (χ0n) is 10.3. The molecule has 1 aliphatic heterocycles. The van der Waals surface area contributed by atoms with Gasteiger partial charge in [0.1, 0.15) is 11.5 Å². The lowest BCUT2D eigenvalue weighted by Crippen LogP contribution is -2.33. The van der Waals surface area contributed by atoms with Gasteiger partial charge in [0, 0.05) is 11.1 Å². The van der Waals surface area contributed by atoms with E-state index in [9.17, 15) is 4.79 Å². The van der Waals surface area contributed by atoms with Crippen molar-refractivity contribution in [3.05, 3.63) is 59.7 Å². The first kappa shape index (κ1) is 11.6. The number of carbonyl (C=O) groups is 1. The fourth-order valence-corrected chi connectivity index (χ4v) is 2.45. The Labute approximate surface area is 110 Å². The molecular weight excluding hydrogens is 244 g/mol. The van der Waals surface area contributed by atoms with Crippen molar-refractivity contribution in [3.63, 3.8) is 0 Å². The van der Waals surface area contributed by atoms with Crippen LogP contribution in [0.4, 0.5) is 4.79 Å². The van der Waals surface area contributed by atoms with Crippen molar-refractivity contribution in [2.24, 2.45) is 0 Å². The van der Waals surface area contributed by atoms with Gasteiger partial charge in [0.05, 0.1) is 0 Å². The molecule has 4 nitrogen and oxygen atoms in total. The van der Waals surface area contributed by atoms with Crippen LogP contribution in [0, 0.1) is 0 Å². The van der Waals surface area contributed by atoms with Crippen LogP contribution in [-0.4, -0.2) is 11.3 Å². The maximum absolute atomic E-state index is 11.0. The Morgan fingerprint density at radius 3 is 2.00 bits per heavy atom. The van der Waals surface area contributed by atoms with Crippen molar-refractivity contribution in [2.75, 3.05) is 0 Å². The van der Waals surface area contributed by atoms with Gasteiger partial charge in [-0.25, -0.2) is 4.79 Å². The van der Waals surface area contributed by atoms with Crippen LogP contribution in [0.2, 0.25) is 0 Å². The molecule has 0 aromatic heterocycles. The number of ether oxygens (including phenoxy) is 2. The lowest BCUT2D eigenvalue weighted by Gasteiger charge is -2.35. The van der Waals surface area contributed by atoms with E-state index in [0.717, 1.165) is 0 Å². The van der Waals surface area contributed by atoms with Crippen LogP contribution in [0.25, 0.3) is 0 Å². The summed E-state index contributed by atoms with van der Waals surface area (Å²) in [5.41, 5.74) is 0.351. The van der Waals surface area contributed by atoms with Gasteiger partial charge in [-0.15, -0.1) is 0 Å². The summed E-state index contributed by atoms with van der Waals surface area (Å²) in [7, 11) is 0. The number of fused-ring (bicyclic) bond motifs is 2. The number of rotatable bonds is 1. The largest absolute Gasteiger partial charge is 0.507 e. The standard InChI is InChI=1S/C15H12O4/c1-15(19-14(16)17)10-6-2-4-8-12(10)18-13-9-5-3-7-11(13)15/h2-9H,1H3,(H,16,17). The predicted molar refractivity (Wildman–Crippen MR) is 68.5 cm³/mol. The summed E-state index contributed by atoms with van der Waals surface area (Å²) in [5.74, 6) is 1.23. The fraction of sp³-hybridized carbons (Fsp3) is 0.133. The lowest BCUT2D eigenvalue weighted by molar-refractivity contribution is 0.00914. The first-order valence-electron chi connectivity index (χ1n) is 5.90. The molecule has 0 aliphatic carbocycles. The molecule has 0 unspecified atom stereocenters. The summed E-state index contributed by atoms with van der Waals surface area (Å²) in [6, 6.07) is 14.6. The Morgan fingerprint density at radius 2 is 1.53 bits per heavy atom. The highest BCUT2D eigenvalue weighted by atomic mass is 16.7. The SMILES string of the molecule is CC1(OC(=O)O)c2ccccc2Oc2ccccc21. The number of benzene rings is 2. The molecule has 0 bridgehead atoms. The van der Waals surface area contributed by atoms with E-state index in [-0.39, 0.29) is 0 Å². The highest BCUT2D eigenvalue weighted by Crippen LogP contribution is 2.48. The van der Waals surface area contributed by atoms with Crippen molar-refractivity contribution in [3.8, 4) is 11.5 Å². The second kappa shape index (κ2) is 4.02. The van der Waals surface area contributed by atoms with E-state index in [2.05, 4.69) is 0 Å². The van der Waals surface area contributed by atoms with Crippen molar-refractivity contribution in [2.45, 2.75) is 12.5 Å². The van der Waals surface area contributed by atoms with Crippen LogP contribution in [0.3, 0.4) is 0 Å². The predicted octanol–water partition coefficient (Wildman–Crippen LogP) is 3.75. The van der Waals surface area contributed by atoms with E-state index < -0.39 is 11.8 Å². The summed E-state index contributed by atoms with van der Waals surface area (Å²) < 4.78 is 10.9. The lowest BCUT2D eigenvalue weighted by atomic mass is 9.85. The van der Waals surface area contributed by atoms with Crippen LogP contribution in [0.1, 0.15) is 18.1 Å². The van der Waals surface area contributed by atoms with E-state index in [1.54, 1.807) is 19.1 Å². The molecule has 0 saturated heterocycles. The Kier molecular flexibility index (Phi) is 2.45. The minimum atomic E-state index is -1.31. The smallest absolute Gasteiger partial charge is 0.456 e. The van der Waals surface area contributed by atoms with Crippen molar-refractivity contribution in [1.29, 1.82) is 0 Å². The molecule has 0 saturated carbocycles. The molecule has 2 aromatic carbocycles. The summed E-state index contributed by atoms with van der Waals surface area (Å²) in [4.78, 5) is 11.0. The van der Waals surface area contributed by atoms with Crippen LogP contribution in [0.15, 0.2) is 48.5 Å². The summed E-state index contributed by atoms with van der Waals surface area (Å²) in [6.45, 7) is 1.74. The van der Waals surface area contributed by atoms with Gasteiger partial charge < -0.3 is 14.6 Å². The zero-order valence-corrected chi connectivity index (χ0v) is 10.3. The zero-order chi connectivity index (χ0) is 13.5. The molecule has 1 heterocycles. The maximum Gasteiger partial charge on any atom is 0.507 e. The fourth-order valence-electron chi connectivity index (χ4n) is 2.45. The molecular formula is C15H12O4. The molecule has 3 rings (SSSR count).